The summed E-state index contributed by atoms with van der Waals surface area (Å²) in [5.74, 6) is 0.278. The SMILES string of the molecule is C.Cc1noc(C)c1-c1ccc2c(c1)C(O)(c1ccsc1)C(=O)N2. The Morgan fingerprint density at radius 2 is 2.08 bits per heavy atom. The first-order chi connectivity index (χ1) is 11.0. The molecule has 0 fully saturated rings. The van der Waals surface area contributed by atoms with Crippen LogP contribution in [0, 0.1) is 13.8 Å². The number of carbonyl (C=O) groups is 1. The lowest BCUT2D eigenvalue weighted by Crippen LogP contribution is -2.34. The summed E-state index contributed by atoms with van der Waals surface area (Å²) in [6, 6.07) is 7.29. The summed E-state index contributed by atoms with van der Waals surface area (Å²) in [5, 5.41) is 21.4. The van der Waals surface area contributed by atoms with Crippen molar-refractivity contribution in [1.82, 2.24) is 5.16 Å². The van der Waals surface area contributed by atoms with E-state index in [1.165, 1.54) is 11.3 Å². The molecule has 2 N–H and O–H groups in total. The molecule has 6 heteroatoms. The van der Waals surface area contributed by atoms with Crippen LogP contribution in [0.5, 0.6) is 0 Å². The zero-order valence-corrected chi connectivity index (χ0v) is 13.4. The molecule has 5 nitrogen and oxygen atoms in total. The first-order valence-electron chi connectivity index (χ1n) is 7.16. The molecule has 1 aromatic carbocycles. The minimum absolute atomic E-state index is 0. The van der Waals surface area contributed by atoms with Gasteiger partial charge < -0.3 is 14.9 Å². The Balaban J connectivity index is 0.00000169. The number of aliphatic hydroxyl groups is 1. The first-order valence-corrected chi connectivity index (χ1v) is 8.10. The molecule has 1 unspecified atom stereocenters. The van der Waals surface area contributed by atoms with Crippen LogP contribution in [0.15, 0.2) is 39.5 Å². The fourth-order valence-electron chi connectivity index (χ4n) is 3.10. The van der Waals surface area contributed by atoms with E-state index in [-0.39, 0.29) is 7.43 Å². The van der Waals surface area contributed by atoms with Crippen molar-refractivity contribution in [3.63, 3.8) is 0 Å². The van der Waals surface area contributed by atoms with Crippen molar-refractivity contribution in [3.05, 3.63) is 57.6 Å². The van der Waals surface area contributed by atoms with Crippen molar-refractivity contribution < 1.29 is 14.4 Å². The number of nitrogens with one attached hydrogen (secondary N) is 1. The van der Waals surface area contributed by atoms with Crippen molar-refractivity contribution in [2.75, 3.05) is 5.32 Å². The lowest BCUT2D eigenvalue weighted by Gasteiger charge is -2.20. The van der Waals surface area contributed by atoms with Crippen molar-refractivity contribution in [3.8, 4) is 11.1 Å². The quantitative estimate of drug-likeness (QED) is 0.742. The van der Waals surface area contributed by atoms with Crippen LogP contribution in [0.25, 0.3) is 11.1 Å². The number of carbonyl (C=O) groups excluding carboxylic acids is 1. The number of aryl methyl sites for hydroxylation is 2. The van der Waals surface area contributed by atoms with E-state index in [4.69, 9.17) is 4.52 Å². The Bertz CT molecular complexity index is 895. The van der Waals surface area contributed by atoms with Crippen molar-refractivity contribution in [1.29, 1.82) is 0 Å². The zero-order chi connectivity index (χ0) is 16.2. The van der Waals surface area contributed by atoms with E-state index >= 15 is 0 Å². The number of nitrogens with zero attached hydrogens (tertiary/aromatic N) is 1. The van der Waals surface area contributed by atoms with Crippen LogP contribution in [0.3, 0.4) is 0 Å². The smallest absolute Gasteiger partial charge is 0.265 e. The number of benzene rings is 1. The summed E-state index contributed by atoms with van der Waals surface area (Å²) in [6.45, 7) is 3.71. The van der Waals surface area contributed by atoms with Gasteiger partial charge in [-0.1, -0.05) is 18.6 Å². The lowest BCUT2D eigenvalue weighted by molar-refractivity contribution is -0.129. The highest BCUT2D eigenvalue weighted by atomic mass is 32.1. The second kappa shape index (κ2) is 5.58. The molecule has 0 aliphatic carbocycles. The standard InChI is InChI=1S/C17H14N2O3S.CH4/c1-9-15(10(2)22-19-9)11-3-4-14-13(7-11)17(21,16(20)18-14)12-5-6-23-8-12;/h3-8,21H,1-2H3,(H,18,20);1H4. The third-order valence-corrected chi connectivity index (χ3v) is 4.93. The molecule has 1 amide bonds. The second-order valence-corrected chi connectivity index (χ2v) is 6.42. The average Bonchev–Trinajstić information content (AvgIpc) is 3.22. The molecule has 24 heavy (non-hydrogen) atoms. The molecule has 2 aromatic heterocycles. The van der Waals surface area contributed by atoms with Crippen molar-refractivity contribution >= 4 is 22.9 Å². The Hall–Kier alpha value is -2.44. The van der Waals surface area contributed by atoms with Gasteiger partial charge in [0.2, 0.25) is 0 Å². The molecule has 1 atom stereocenters. The van der Waals surface area contributed by atoms with E-state index in [9.17, 15) is 9.90 Å². The third kappa shape index (κ3) is 2.11. The van der Waals surface area contributed by atoms with E-state index in [0.717, 1.165) is 16.8 Å². The summed E-state index contributed by atoms with van der Waals surface area (Å²) in [5.41, 5.74) is 2.63. The molecule has 0 radical (unpaired) electrons. The molecule has 1 aliphatic rings. The summed E-state index contributed by atoms with van der Waals surface area (Å²) in [4.78, 5) is 12.4. The van der Waals surface area contributed by atoms with Gasteiger partial charge in [0.05, 0.1) is 5.69 Å². The first kappa shape index (κ1) is 16.4. The number of fused-ring (bicyclic) bond motifs is 1. The van der Waals surface area contributed by atoms with Crippen LogP contribution in [0.4, 0.5) is 5.69 Å². The van der Waals surface area contributed by atoms with Gasteiger partial charge in [-0.15, -0.1) is 0 Å². The number of hydrogen-bond acceptors (Lipinski definition) is 5. The number of rotatable bonds is 2. The van der Waals surface area contributed by atoms with Crippen LogP contribution >= 0.6 is 11.3 Å². The second-order valence-electron chi connectivity index (χ2n) is 5.64. The molecule has 0 saturated heterocycles. The summed E-state index contributed by atoms with van der Waals surface area (Å²) in [6.07, 6.45) is 0. The number of amides is 1. The number of thiophene rings is 1. The van der Waals surface area contributed by atoms with Gasteiger partial charge >= 0.3 is 0 Å². The van der Waals surface area contributed by atoms with Crippen molar-refractivity contribution in [2.45, 2.75) is 26.9 Å². The molecular weight excluding hydrogens is 324 g/mol. The maximum Gasteiger partial charge on any atom is 0.265 e. The Morgan fingerprint density at radius 1 is 1.29 bits per heavy atom. The van der Waals surface area contributed by atoms with Crippen LogP contribution in [0.2, 0.25) is 0 Å². The third-order valence-electron chi connectivity index (χ3n) is 4.25. The van der Waals surface area contributed by atoms with Crippen LogP contribution < -0.4 is 5.32 Å². The minimum atomic E-state index is -1.66. The van der Waals surface area contributed by atoms with Gasteiger partial charge in [-0.2, -0.15) is 11.3 Å². The highest BCUT2D eigenvalue weighted by molar-refractivity contribution is 7.08. The van der Waals surface area contributed by atoms with E-state index in [1.807, 2.05) is 31.4 Å². The fourth-order valence-corrected chi connectivity index (χ4v) is 3.79. The van der Waals surface area contributed by atoms with E-state index < -0.39 is 11.5 Å². The Kier molecular flexibility index (Phi) is 3.81. The van der Waals surface area contributed by atoms with Gasteiger partial charge in [0.15, 0.2) is 5.60 Å². The zero-order valence-electron chi connectivity index (χ0n) is 12.6. The highest BCUT2D eigenvalue weighted by Gasteiger charge is 2.47. The fraction of sp³-hybridized carbons (Fsp3) is 0.222. The largest absolute Gasteiger partial charge is 0.372 e. The number of hydrogen-bond donors (Lipinski definition) is 2. The summed E-state index contributed by atoms with van der Waals surface area (Å²) in [7, 11) is 0. The molecule has 124 valence electrons. The highest BCUT2D eigenvalue weighted by Crippen LogP contribution is 2.43. The molecule has 4 rings (SSSR count). The molecule has 3 heterocycles. The predicted molar refractivity (Wildman–Crippen MR) is 94.1 cm³/mol. The van der Waals surface area contributed by atoms with Crippen LogP contribution in [0.1, 0.15) is 30.0 Å². The Morgan fingerprint density at radius 3 is 2.71 bits per heavy atom. The van der Waals surface area contributed by atoms with Gasteiger partial charge in [0, 0.05) is 22.4 Å². The van der Waals surface area contributed by atoms with E-state index in [0.29, 0.717) is 22.6 Å². The molecule has 3 aromatic rings. The van der Waals surface area contributed by atoms with Gasteiger partial charge in [0.1, 0.15) is 5.76 Å². The maximum atomic E-state index is 12.4. The van der Waals surface area contributed by atoms with Gasteiger partial charge in [-0.05, 0) is 48.4 Å². The predicted octanol–water partition coefficient (Wildman–Crippen LogP) is 3.84. The molecule has 0 spiro atoms. The number of aromatic nitrogens is 1. The van der Waals surface area contributed by atoms with Crippen molar-refractivity contribution in [2.24, 2.45) is 0 Å². The average molecular weight is 342 g/mol. The summed E-state index contributed by atoms with van der Waals surface area (Å²) < 4.78 is 5.22. The Labute approximate surface area is 143 Å². The normalized spacial score (nSPS) is 18.9. The minimum Gasteiger partial charge on any atom is -0.372 e. The van der Waals surface area contributed by atoms with Gasteiger partial charge in [-0.3, -0.25) is 4.79 Å². The van der Waals surface area contributed by atoms with Gasteiger partial charge in [-0.25, -0.2) is 0 Å². The monoisotopic (exact) mass is 342 g/mol. The molecule has 0 bridgehead atoms. The topological polar surface area (TPSA) is 75.4 Å². The summed E-state index contributed by atoms with van der Waals surface area (Å²) >= 11 is 1.44. The van der Waals surface area contributed by atoms with E-state index in [2.05, 4.69) is 10.5 Å². The van der Waals surface area contributed by atoms with Gasteiger partial charge in [0.25, 0.3) is 5.91 Å². The van der Waals surface area contributed by atoms with E-state index in [1.54, 1.807) is 17.5 Å². The van der Waals surface area contributed by atoms with Crippen LogP contribution in [-0.4, -0.2) is 16.2 Å². The molecular formula is C18H18N2O3S. The molecule has 0 saturated carbocycles. The molecule has 1 aliphatic heterocycles. The lowest BCUT2D eigenvalue weighted by atomic mass is 9.87. The maximum absolute atomic E-state index is 12.4. The van der Waals surface area contributed by atoms with Crippen LogP contribution in [-0.2, 0) is 10.4 Å². The number of anilines is 1.